The number of benzene rings is 5. The van der Waals surface area contributed by atoms with Gasteiger partial charge in [0.15, 0.2) is 0 Å². The zero-order chi connectivity index (χ0) is 39.7. The third-order valence-corrected chi connectivity index (χ3v) is 8.93. The van der Waals surface area contributed by atoms with Gasteiger partial charge in [-0.15, -0.1) is 0 Å². The summed E-state index contributed by atoms with van der Waals surface area (Å²) in [6, 6.07) is 19.6. The summed E-state index contributed by atoms with van der Waals surface area (Å²) < 4.78 is 170. The minimum atomic E-state index is -5.22. The molecule has 55 heavy (non-hydrogen) atoms. The second kappa shape index (κ2) is 12.9. The van der Waals surface area contributed by atoms with Gasteiger partial charge in [-0.3, -0.25) is 4.98 Å². The first-order chi connectivity index (χ1) is 25.7. The quantitative estimate of drug-likeness (QED) is 0.167. The molecule has 0 fully saturated rings. The molecular formula is C40H19F12N3. The summed E-state index contributed by atoms with van der Waals surface area (Å²) in [6.45, 7) is 0. The average molecular weight is 770 g/mol. The van der Waals surface area contributed by atoms with E-state index in [1.54, 1.807) is 12.1 Å². The molecule has 0 aliphatic heterocycles. The number of nitrogens with zero attached hydrogens (tertiary/aromatic N) is 3. The van der Waals surface area contributed by atoms with Gasteiger partial charge in [0.05, 0.1) is 44.9 Å². The number of hydrogen-bond donors (Lipinski definition) is 0. The van der Waals surface area contributed by atoms with Crippen molar-refractivity contribution in [1.29, 1.82) is 5.26 Å². The summed E-state index contributed by atoms with van der Waals surface area (Å²) in [4.78, 5) is 3.96. The molecule has 0 radical (unpaired) electrons. The zero-order valence-corrected chi connectivity index (χ0v) is 27.3. The van der Waals surface area contributed by atoms with E-state index in [0.29, 0.717) is 35.4 Å². The maximum absolute atomic E-state index is 14.1. The molecule has 2 aromatic heterocycles. The van der Waals surface area contributed by atoms with Gasteiger partial charge in [0.25, 0.3) is 0 Å². The lowest BCUT2D eigenvalue weighted by Gasteiger charge is -2.18. The Morgan fingerprint density at radius 1 is 0.455 bits per heavy atom. The summed E-state index contributed by atoms with van der Waals surface area (Å²) >= 11 is 0. The molecule has 0 bridgehead atoms. The molecule has 0 amide bonds. The molecule has 0 saturated carbocycles. The standard InChI is InChI=1S/C40H19F12N3/c41-37(42,43)26-13-24(14-27(18-26)38(44,45)46)31-3-1-5-33-34-6-2-4-32(25-15-28(39(47,48)49)19-29(16-25)40(50,51)52)36(34)55(35(31)33)30-12-21(20-53)11-23(17-30)22-7-9-54-10-8-22/h1-19H. The first kappa shape index (κ1) is 37.0. The molecule has 0 aliphatic carbocycles. The largest absolute Gasteiger partial charge is 0.416 e. The molecule has 0 atom stereocenters. The lowest BCUT2D eigenvalue weighted by Crippen LogP contribution is -2.11. The van der Waals surface area contributed by atoms with Crippen molar-refractivity contribution in [2.75, 3.05) is 0 Å². The Labute approximate surface area is 302 Å². The number of para-hydroxylation sites is 2. The number of nitriles is 1. The zero-order valence-electron chi connectivity index (χ0n) is 27.3. The van der Waals surface area contributed by atoms with E-state index in [9.17, 15) is 57.9 Å². The fourth-order valence-corrected chi connectivity index (χ4v) is 6.58. The van der Waals surface area contributed by atoms with Crippen molar-refractivity contribution in [3.63, 3.8) is 0 Å². The summed E-state index contributed by atoms with van der Waals surface area (Å²) in [6.07, 6.45) is -18.0. The van der Waals surface area contributed by atoms with Crippen LogP contribution >= 0.6 is 0 Å². The van der Waals surface area contributed by atoms with Crippen LogP contribution in [0.25, 0.3) is 60.9 Å². The van der Waals surface area contributed by atoms with Crippen LogP contribution in [0.5, 0.6) is 0 Å². The van der Waals surface area contributed by atoms with E-state index < -0.39 is 58.1 Å². The molecule has 2 heterocycles. The van der Waals surface area contributed by atoms with Crippen molar-refractivity contribution in [3.05, 3.63) is 143 Å². The highest BCUT2D eigenvalue weighted by Crippen LogP contribution is 2.46. The number of rotatable bonds is 4. The topological polar surface area (TPSA) is 41.6 Å². The van der Waals surface area contributed by atoms with E-state index in [0.717, 1.165) is 0 Å². The number of pyridine rings is 1. The predicted molar refractivity (Wildman–Crippen MR) is 180 cm³/mol. The Balaban J connectivity index is 1.68. The van der Waals surface area contributed by atoms with Gasteiger partial charge in [0.1, 0.15) is 0 Å². The molecule has 0 N–H and O–H groups in total. The first-order valence-electron chi connectivity index (χ1n) is 15.9. The summed E-state index contributed by atoms with van der Waals surface area (Å²) in [7, 11) is 0. The van der Waals surface area contributed by atoms with E-state index in [-0.39, 0.29) is 56.3 Å². The van der Waals surface area contributed by atoms with E-state index in [1.807, 2.05) is 6.07 Å². The van der Waals surface area contributed by atoms with Gasteiger partial charge in [0.2, 0.25) is 0 Å². The lowest BCUT2D eigenvalue weighted by atomic mass is 9.96. The Morgan fingerprint density at radius 3 is 1.25 bits per heavy atom. The summed E-state index contributed by atoms with van der Waals surface area (Å²) in [5.41, 5.74) is -7.03. The lowest BCUT2D eigenvalue weighted by molar-refractivity contribution is -0.144. The van der Waals surface area contributed by atoms with Gasteiger partial charge in [-0.2, -0.15) is 57.9 Å². The second-order valence-corrected chi connectivity index (χ2v) is 12.4. The molecule has 7 rings (SSSR count). The Morgan fingerprint density at radius 2 is 0.873 bits per heavy atom. The van der Waals surface area contributed by atoms with E-state index in [1.165, 1.54) is 71.6 Å². The van der Waals surface area contributed by atoms with Crippen LogP contribution in [0, 0.1) is 11.3 Å². The highest BCUT2D eigenvalue weighted by molar-refractivity contribution is 6.17. The Kier molecular flexibility index (Phi) is 8.71. The van der Waals surface area contributed by atoms with Crippen LogP contribution in [-0.4, -0.2) is 9.55 Å². The van der Waals surface area contributed by atoms with Crippen molar-refractivity contribution >= 4 is 21.8 Å². The van der Waals surface area contributed by atoms with Crippen LogP contribution in [0.3, 0.4) is 0 Å². The van der Waals surface area contributed by atoms with Crippen LogP contribution in [-0.2, 0) is 24.7 Å². The number of fused-ring (bicyclic) bond motifs is 3. The van der Waals surface area contributed by atoms with Crippen LogP contribution in [0.15, 0.2) is 116 Å². The molecule has 7 aromatic rings. The number of alkyl halides is 12. The maximum atomic E-state index is 14.1. The third kappa shape index (κ3) is 6.95. The highest BCUT2D eigenvalue weighted by atomic mass is 19.4. The van der Waals surface area contributed by atoms with Gasteiger partial charge in [0, 0.05) is 40.0 Å². The van der Waals surface area contributed by atoms with Crippen molar-refractivity contribution in [2.45, 2.75) is 24.7 Å². The van der Waals surface area contributed by atoms with Crippen LogP contribution in [0.4, 0.5) is 52.7 Å². The van der Waals surface area contributed by atoms with Gasteiger partial charge in [-0.1, -0.05) is 36.4 Å². The SMILES string of the molecule is N#Cc1cc(-c2ccncc2)cc(-n2c3c(-c4cc(C(F)(F)F)cc(C(F)(F)F)c4)cccc3c3cccc(-c4cc(C(F)(F)F)cc(C(F)(F)F)c4)c32)c1. The van der Waals surface area contributed by atoms with Gasteiger partial charge < -0.3 is 4.57 Å². The van der Waals surface area contributed by atoms with Crippen LogP contribution < -0.4 is 0 Å². The fraction of sp³-hybridized carbons (Fsp3) is 0.100. The van der Waals surface area contributed by atoms with Crippen molar-refractivity contribution in [2.24, 2.45) is 0 Å². The molecule has 15 heteroatoms. The minimum Gasteiger partial charge on any atom is -0.308 e. The van der Waals surface area contributed by atoms with Crippen LogP contribution in [0.1, 0.15) is 27.8 Å². The number of aromatic nitrogens is 2. The summed E-state index contributed by atoms with van der Waals surface area (Å²) in [5.74, 6) is 0. The maximum Gasteiger partial charge on any atom is 0.416 e. The number of halogens is 12. The smallest absolute Gasteiger partial charge is 0.308 e. The first-order valence-corrected chi connectivity index (χ1v) is 15.9. The molecule has 3 nitrogen and oxygen atoms in total. The Hall–Kier alpha value is -6.30. The van der Waals surface area contributed by atoms with Gasteiger partial charge in [-0.05, 0) is 89.0 Å². The molecule has 5 aromatic carbocycles. The van der Waals surface area contributed by atoms with Gasteiger partial charge in [-0.25, -0.2) is 0 Å². The third-order valence-electron chi connectivity index (χ3n) is 8.93. The average Bonchev–Trinajstić information content (AvgIpc) is 3.48. The molecule has 0 aliphatic rings. The molecular weight excluding hydrogens is 750 g/mol. The predicted octanol–water partition coefficient (Wildman–Crippen LogP) is 13.1. The van der Waals surface area contributed by atoms with E-state index in [4.69, 9.17) is 0 Å². The second-order valence-electron chi connectivity index (χ2n) is 12.4. The molecule has 0 saturated heterocycles. The van der Waals surface area contributed by atoms with Crippen molar-refractivity contribution in [3.8, 4) is 45.1 Å². The van der Waals surface area contributed by atoms with Crippen molar-refractivity contribution in [1.82, 2.24) is 9.55 Å². The highest BCUT2D eigenvalue weighted by Gasteiger charge is 2.39. The van der Waals surface area contributed by atoms with E-state index >= 15 is 0 Å². The molecule has 278 valence electrons. The van der Waals surface area contributed by atoms with Gasteiger partial charge >= 0.3 is 24.7 Å². The fourth-order valence-electron chi connectivity index (χ4n) is 6.58. The number of hydrogen-bond acceptors (Lipinski definition) is 2. The molecule has 0 spiro atoms. The van der Waals surface area contributed by atoms with Crippen LogP contribution in [0.2, 0.25) is 0 Å². The van der Waals surface area contributed by atoms with Crippen molar-refractivity contribution < 1.29 is 52.7 Å². The monoisotopic (exact) mass is 769 g/mol. The van der Waals surface area contributed by atoms with E-state index in [2.05, 4.69) is 4.98 Å². The normalized spacial score (nSPS) is 12.7. The minimum absolute atomic E-state index is 0.0196. The Bertz CT molecular complexity index is 2460. The summed E-state index contributed by atoms with van der Waals surface area (Å²) in [5, 5.41) is 10.4. The molecule has 0 unspecified atom stereocenters.